The summed E-state index contributed by atoms with van der Waals surface area (Å²) in [5, 5.41) is 6.86. The SMILES string of the molecule is CCN1CCCC1CNC(=NC)NCc1cccc(OCc2ccccn2)c1.I. The maximum absolute atomic E-state index is 5.86. The van der Waals surface area contributed by atoms with E-state index < -0.39 is 0 Å². The van der Waals surface area contributed by atoms with Gasteiger partial charge in [0.25, 0.3) is 0 Å². The summed E-state index contributed by atoms with van der Waals surface area (Å²) in [6.45, 7) is 6.65. The van der Waals surface area contributed by atoms with Crippen LogP contribution in [0.1, 0.15) is 31.0 Å². The number of pyridine rings is 1. The average molecular weight is 509 g/mol. The van der Waals surface area contributed by atoms with Crippen molar-refractivity contribution in [2.45, 2.75) is 39.0 Å². The van der Waals surface area contributed by atoms with Crippen molar-refractivity contribution in [2.24, 2.45) is 4.99 Å². The molecule has 2 heterocycles. The van der Waals surface area contributed by atoms with Crippen molar-refractivity contribution >= 4 is 29.9 Å². The van der Waals surface area contributed by atoms with Gasteiger partial charge in [-0.15, -0.1) is 24.0 Å². The maximum Gasteiger partial charge on any atom is 0.191 e. The topological polar surface area (TPSA) is 61.8 Å². The van der Waals surface area contributed by atoms with Crippen molar-refractivity contribution in [1.82, 2.24) is 20.5 Å². The molecule has 1 aromatic heterocycles. The first kappa shape index (κ1) is 23.4. The molecule has 1 fully saturated rings. The van der Waals surface area contributed by atoms with E-state index in [2.05, 4.69) is 44.6 Å². The second-order valence-electron chi connectivity index (χ2n) is 6.99. The van der Waals surface area contributed by atoms with Crippen molar-refractivity contribution < 1.29 is 4.74 Å². The van der Waals surface area contributed by atoms with Gasteiger partial charge in [0.2, 0.25) is 0 Å². The molecule has 0 radical (unpaired) electrons. The number of rotatable bonds is 8. The van der Waals surface area contributed by atoms with Crippen LogP contribution in [-0.2, 0) is 13.2 Å². The number of nitrogens with one attached hydrogen (secondary N) is 2. The second-order valence-corrected chi connectivity index (χ2v) is 6.99. The fourth-order valence-electron chi connectivity index (χ4n) is 3.55. The Morgan fingerprint density at radius 2 is 2.14 bits per heavy atom. The van der Waals surface area contributed by atoms with Gasteiger partial charge in [0, 0.05) is 32.4 Å². The quantitative estimate of drug-likeness (QED) is 0.325. The number of hydrogen-bond donors (Lipinski definition) is 2. The fourth-order valence-corrected chi connectivity index (χ4v) is 3.55. The van der Waals surface area contributed by atoms with E-state index >= 15 is 0 Å². The molecule has 1 aliphatic rings. The number of ether oxygens (including phenoxy) is 1. The molecule has 3 rings (SSSR count). The van der Waals surface area contributed by atoms with E-state index in [9.17, 15) is 0 Å². The number of nitrogens with zero attached hydrogens (tertiary/aromatic N) is 3. The van der Waals surface area contributed by atoms with Gasteiger partial charge in [-0.05, 0) is 55.8 Å². The monoisotopic (exact) mass is 509 g/mol. The summed E-state index contributed by atoms with van der Waals surface area (Å²) in [7, 11) is 1.81. The predicted octanol–water partition coefficient (Wildman–Crippen LogP) is 3.43. The van der Waals surface area contributed by atoms with Gasteiger partial charge in [-0.3, -0.25) is 14.9 Å². The Bertz CT molecular complexity index is 756. The molecule has 2 aromatic rings. The molecule has 6 nitrogen and oxygen atoms in total. The first-order valence-corrected chi connectivity index (χ1v) is 10.1. The summed E-state index contributed by atoms with van der Waals surface area (Å²) in [4.78, 5) is 11.2. The summed E-state index contributed by atoms with van der Waals surface area (Å²) < 4.78 is 5.86. The van der Waals surface area contributed by atoms with Crippen molar-refractivity contribution in [2.75, 3.05) is 26.7 Å². The van der Waals surface area contributed by atoms with Gasteiger partial charge in [0.15, 0.2) is 5.96 Å². The Hall–Kier alpha value is -1.87. The van der Waals surface area contributed by atoms with Crippen molar-refractivity contribution in [3.8, 4) is 5.75 Å². The summed E-state index contributed by atoms with van der Waals surface area (Å²) in [6, 6.07) is 14.6. The highest BCUT2D eigenvalue weighted by Gasteiger charge is 2.22. The minimum absolute atomic E-state index is 0. The lowest BCUT2D eigenvalue weighted by Gasteiger charge is -2.24. The van der Waals surface area contributed by atoms with Gasteiger partial charge < -0.3 is 15.4 Å². The normalized spacial score (nSPS) is 16.9. The van der Waals surface area contributed by atoms with Gasteiger partial charge in [-0.25, -0.2) is 0 Å². The van der Waals surface area contributed by atoms with E-state index in [0.717, 1.165) is 36.1 Å². The Morgan fingerprint density at radius 1 is 1.24 bits per heavy atom. The molecule has 1 unspecified atom stereocenters. The van der Waals surface area contributed by atoms with Gasteiger partial charge in [-0.2, -0.15) is 0 Å². The molecule has 1 saturated heterocycles. The second kappa shape index (κ2) is 12.6. The number of hydrogen-bond acceptors (Lipinski definition) is 4. The first-order valence-electron chi connectivity index (χ1n) is 10.1. The molecule has 0 amide bonds. The number of halogens is 1. The average Bonchev–Trinajstić information content (AvgIpc) is 3.21. The minimum atomic E-state index is 0. The minimum Gasteiger partial charge on any atom is -0.487 e. The molecule has 0 spiro atoms. The molecule has 29 heavy (non-hydrogen) atoms. The van der Waals surface area contributed by atoms with Crippen LogP contribution in [0.4, 0.5) is 0 Å². The predicted molar refractivity (Wildman–Crippen MR) is 129 cm³/mol. The van der Waals surface area contributed by atoms with Crippen LogP contribution in [0, 0.1) is 0 Å². The molecule has 1 aromatic carbocycles. The number of aromatic nitrogens is 1. The molecule has 158 valence electrons. The van der Waals surface area contributed by atoms with Crippen LogP contribution in [-0.4, -0.2) is 48.6 Å². The Kier molecular flexibility index (Phi) is 10.2. The molecule has 0 bridgehead atoms. The molecule has 0 aliphatic carbocycles. The number of guanidine groups is 1. The third-order valence-electron chi connectivity index (χ3n) is 5.11. The lowest BCUT2D eigenvalue weighted by molar-refractivity contribution is 0.267. The highest BCUT2D eigenvalue weighted by Crippen LogP contribution is 2.16. The highest BCUT2D eigenvalue weighted by atomic mass is 127. The molecule has 7 heteroatoms. The Balaban J connectivity index is 0.00000300. The first-order chi connectivity index (χ1) is 13.8. The van der Waals surface area contributed by atoms with Crippen LogP contribution in [0.3, 0.4) is 0 Å². The summed E-state index contributed by atoms with van der Waals surface area (Å²) in [5.74, 6) is 1.68. The molecular weight excluding hydrogens is 477 g/mol. The van der Waals surface area contributed by atoms with Gasteiger partial charge >= 0.3 is 0 Å². The standard InChI is InChI=1S/C22H31N5O.HI/c1-3-27-13-7-10-20(27)16-26-22(23-2)25-15-18-8-6-11-21(14-18)28-17-19-9-4-5-12-24-19;/h4-6,8-9,11-12,14,20H,3,7,10,13,15-17H2,1-2H3,(H2,23,25,26);1H. The largest absolute Gasteiger partial charge is 0.487 e. The maximum atomic E-state index is 5.86. The zero-order valence-electron chi connectivity index (χ0n) is 17.3. The van der Waals surface area contributed by atoms with Crippen LogP contribution in [0.5, 0.6) is 5.75 Å². The van der Waals surface area contributed by atoms with Crippen LogP contribution < -0.4 is 15.4 Å². The van der Waals surface area contributed by atoms with Gasteiger partial charge in [0.05, 0.1) is 5.69 Å². The highest BCUT2D eigenvalue weighted by molar-refractivity contribution is 14.0. The van der Waals surface area contributed by atoms with Crippen LogP contribution in [0.25, 0.3) is 0 Å². The van der Waals surface area contributed by atoms with Gasteiger partial charge in [-0.1, -0.05) is 25.1 Å². The lowest BCUT2D eigenvalue weighted by atomic mass is 10.2. The van der Waals surface area contributed by atoms with E-state index in [-0.39, 0.29) is 24.0 Å². The smallest absolute Gasteiger partial charge is 0.191 e. The molecule has 0 saturated carbocycles. The van der Waals surface area contributed by atoms with Gasteiger partial charge in [0.1, 0.15) is 12.4 Å². The number of aliphatic imine (C=N–C) groups is 1. The third kappa shape index (κ3) is 7.47. The van der Waals surface area contributed by atoms with Crippen molar-refractivity contribution in [3.05, 3.63) is 59.9 Å². The fraction of sp³-hybridized carbons (Fsp3) is 0.455. The van der Waals surface area contributed by atoms with E-state index in [4.69, 9.17) is 4.74 Å². The zero-order chi connectivity index (χ0) is 19.6. The van der Waals surface area contributed by atoms with E-state index in [1.807, 2.05) is 37.4 Å². The summed E-state index contributed by atoms with van der Waals surface area (Å²) in [5.41, 5.74) is 2.07. The zero-order valence-corrected chi connectivity index (χ0v) is 19.6. The summed E-state index contributed by atoms with van der Waals surface area (Å²) in [6.07, 6.45) is 4.33. The molecular formula is C22H32IN5O. The Morgan fingerprint density at radius 3 is 2.90 bits per heavy atom. The Labute approximate surface area is 191 Å². The number of likely N-dealkylation sites (tertiary alicyclic amines) is 1. The summed E-state index contributed by atoms with van der Waals surface area (Å²) >= 11 is 0. The van der Waals surface area contributed by atoms with E-state index in [0.29, 0.717) is 19.2 Å². The third-order valence-corrected chi connectivity index (χ3v) is 5.11. The molecule has 1 aliphatic heterocycles. The molecule has 2 N–H and O–H groups in total. The van der Waals surface area contributed by atoms with Crippen LogP contribution in [0.2, 0.25) is 0 Å². The van der Waals surface area contributed by atoms with Crippen molar-refractivity contribution in [3.63, 3.8) is 0 Å². The number of likely N-dealkylation sites (N-methyl/N-ethyl adjacent to an activating group) is 1. The molecule has 1 atom stereocenters. The van der Waals surface area contributed by atoms with E-state index in [1.54, 1.807) is 6.20 Å². The van der Waals surface area contributed by atoms with Crippen LogP contribution >= 0.6 is 24.0 Å². The van der Waals surface area contributed by atoms with Crippen molar-refractivity contribution in [1.29, 1.82) is 0 Å². The lowest BCUT2D eigenvalue weighted by Crippen LogP contribution is -2.44. The number of benzene rings is 1. The van der Waals surface area contributed by atoms with E-state index in [1.165, 1.54) is 19.4 Å². The van der Waals surface area contributed by atoms with Crippen LogP contribution in [0.15, 0.2) is 53.7 Å².